The number of alkyl carbamates (subject to hydrolysis) is 1. The minimum absolute atomic E-state index is 0.0545. The van der Waals surface area contributed by atoms with Crippen molar-refractivity contribution in [3.63, 3.8) is 0 Å². The molecule has 0 unspecified atom stereocenters. The van der Waals surface area contributed by atoms with E-state index in [1.54, 1.807) is 12.1 Å². The van der Waals surface area contributed by atoms with Crippen LogP contribution in [0.3, 0.4) is 0 Å². The quantitative estimate of drug-likeness (QED) is 0.836. The van der Waals surface area contributed by atoms with Crippen molar-refractivity contribution in [1.29, 1.82) is 0 Å². The van der Waals surface area contributed by atoms with E-state index in [1.807, 2.05) is 37.3 Å². The molecule has 0 radical (unpaired) electrons. The molecule has 0 aliphatic heterocycles. The molecule has 0 fully saturated rings. The Hall–Kier alpha value is -2.38. The van der Waals surface area contributed by atoms with Gasteiger partial charge >= 0.3 is 6.09 Å². The summed E-state index contributed by atoms with van der Waals surface area (Å²) in [5, 5.41) is 7.83. The Morgan fingerprint density at radius 3 is 2.46 bits per heavy atom. The zero-order valence-corrected chi connectivity index (χ0v) is 14.1. The molecular weight excluding hydrogens is 328 g/mol. The molecule has 1 amide bonds. The predicted molar refractivity (Wildman–Crippen MR) is 90.7 cm³/mol. The first-order chi connectivity index (χ1) is 11.3. The maximum atomic E-state index is 11.8. The summed E-state index contributed by atoms with van der Waals surface area (Å²) in [7, 11) is -3.74. The van der Waals surface area contributed by atoms with Gasteiger partial charge in [-0.1, -0.05) is 42.5 Å². The van der Waals surface area contributed by atoms with Crippen molar-refractivity contribution in [1.82, 2.24) is 5.32 Å². The molecule has 3 N–H and O–H groups in total. The third-order valence-corrected chi connectivity index (χ3v) is 4.26. The first kappa shape index (κ1) is 18.0. The number of carbonyl (C=O) groups excluding carboxylic acids is 1. The predicted octanol–water partition coefficient (Wildman–Crippen LogP) is 2.19. The van der Waals surface area contributed by atoms with Gasteiger partial charge in [0.05, 0.1) is 4.90 Å². The van der Waals surface area contributed by atoms with Crippen molar-refractivity contribution in [3.8, 4) is 0 Å². The van der Waals surface area contributed by atoms with Crippen LogP contribution >= 0.6 is 0 Å². The number of amides is 1. The molecule has 0 spiro atoms. The summed E-state index contributed by atoms with van der Waals surface area (Å²) < 4.78 is 27.9. The van der Waals surface area contributed by atoms with E-state index in [9.17, 15) is 13.2 Å². The Morgan fingerprint density at radius 2 is 1.79 bits per heavy atom. The third-order valence-electron chi connectivity index (χ3n) is 3.35. The molecule has 128 valence electrons. The number of carbonyl (C=O) groups is 1. The number of primary sulfonamides is 1. The summed E-state index contributed by atoms with van der Waals surface area (Å²) >= 11 is 0. The van der Waals surface area contributed by atoms with E-state index >= 15 is 0 Å². The van der Waals surface area contributed by atoms with E-state index in [4.69, 9.17) is 9.88 Å². The summed E-state index contributed by atoms with van der Waals surface area (Å²) in [6.07, 6.45) is -0.0574. The maximum Gasteiger partial charge on any atom is 0.407 e. The molecule has 24 heavy (non-hydrogen) atoms. The average Bonchev–Trinajstić information content (AvgIpc) is 2.53. The van der Waals surface area contributed by atoms with Crippen LogP contribution in [0.5, 0.6) is 0 Å². The van der Waals surface area contributed by atoms with Crippen molar-refractivity contribution in [2.24, 2.45) is 5.14 Å². The van der Waals surface area contributed by atoms with Crippen molar-refractivity contribution in [2.75, 3.05) is 0 Å². The summed E-state index contributed by atoms with van der Waals surface area (Å²) in [6.45, 7) is 2.01. The SMILES string of the molecule is C[C@@H](Cc1cccc(S(N)(=O)=O)c1)NC(=O)OCc1ccccc1. The number of hydrogen-bond acceptors (Lipinski definition) is 4. The standard InChI is InChI=1S/C17H20N2O4S/c1-13(10-15-8-5-9-16(11-15)24(18,21)22)19-17(20)23-12-14-6-3-2-4-7-14/h2-9,11,13H,10,12H2,1H3,(H,19,20)(H2,18,21,22)/t13-/m0/s1. The topological polar surface area (TPSA) is 98.5 Å². The van der Waals surface area contributed by atoms with Gasteiger partial charge in [-0.2, -0.15) is 0 Å². The number of nitrogens with two attached hydrogens (primary N) is 1. The first-order valence-corrected chi connectivity index (χ1v) is 8.98. The van der Waals surface area contributed by atoms with Crippen LogP contribution in [-0.2, 0) is 27.8 Å². The highest BCUT2D eigenvalue weighted by molar-refractivity contribution is 7.89. The van der Waals surface area contributed by atoms with E-state index in [2.05, 4.69) is 5.32 Å². The van der Waals surface area contributed by atoms with Crippen LogP contribution in [0.15, 0.2) is 59.5 Å². The Kier molecular flexibility index (Phi) is 5.94. The van der Waals surface area contributed by atoms with Crippen molar-refractivity contribution < 1.29 is 17.9 Å². The molecular formula is C17H20N2O4S. The van der Waals surface area contributed by atoms with Gasteiger partial charge in [0.15, 0.2) is 0 Å². The van der Waals surface area contributed by atoms with Crippen LogP contribution in [0.1, 0.15) is 18.1 Å². The fourth-order valence-corrected chi connectivity index (χ4v) is 2.80. The van der Waals surface area contributed by atoms with Crippen LogP contribution < -0.4 is 10.5 Å². The van der Waals surface area contributed by atoms with Crippen LogP contribution in [0, 0.1) is 0 Å². The second kappa shape index (κ2) is 7.94. The summed E-state index contributed by atoms with van der Waals surface area (Å²) in [6, 6.07) is 15.5. The lowest BCUT2D eigenvalue weighted by atomic mass is 10.1. The van der Waals surface area contributed by atoms with Gasteiger partial charge in [-0.15, -0.1) is 0 Å². The van der Waals surface area contributed by atoms with E-state index in [1.165, 1.54) is 12.1 Å². The lowest BCUT2D eigenvalue weighted by Crippen LogP contribution is -2.34. The van der Waals surface area contributed by atoms with E-state index in [0.29, 0.717) is 6.42 Å². The van der Waals surface area contributed by atoms with E-state index in [-0.39, 0.29) is 17.5 Å². The average molecular weight is 348 g/mol. The lowest BCUT2D eigenvalue weighted by Gasteiger charge is -2.14. The molecule has 0 aliphatic rings. The second-order valence-electron chi connectivity index (χ2n) is 5.50. The molecule has 2 aromatic carbocycles. The van der Waals surface area contributed by atoms with Crippen LogP contribution in [-0.4, -0.2) is 20.6 Å². The third kappa shape index (κ3) is 5.68. The summed E-state index contributed by atoms with van der Waals surface area (Å²) in [5.74, 6) is 0. The number of nitrogens with one attached hydrogen (secondary N) is 1. The number of ether oxygens (including phenoxy) is 1. The van der Waals surface area contributed by atoms with Gasteiger partial charge in [0.25, 0.3) is 0 Å². The Morgan fingerprint density at radius 1 is 1.12 bits per heavy atom. The van der Waals surface area contributed by atoms with Gasteiger partial charge in [0.2, 0.25) is 10.0 Å². The highest BCUT2D eigenvalue weighted by Gasteiger charge is 2.12. The number of hydrogen-bond donors (Lipinski definition) is 2. The highest BCUT2D eigenvalue weighted by atomic mass is 32.2. The Labute approximate surface area is 141 Å². The lowest BCUT2D eigenvalue weighted by molar-refractivity contribution is 0.136. The smallest absolute Gasteiger partial charge is 0.407 e. The van der Waals surface area contributed by atoms with Crippen LogP contribution in [0.25, 0.3) is 0 Å². The molecule has 7 heteroatoms. The Bertz CT molecular complexity index is 791. The molecule has 0 bridgehead atoms. The van der Waals surface area contributed by atoms with Gasteiger partial charge < -0.3 is 10.1 Å². The molecule has 0 heterocycles. The minimum Gasteiger partial charge on any atom is -0.445 e. The monoisotopic (exact) mass is 348 g/mol. The highest BCUT2D eigenvalue weighted by Crippen LogP contribution is 2.11. The number of benzene rings is 2. The number of rotatable bonds is 6. The molecule has 0 saturated heterocycles. The molecule has 2 aromatic rings. The molecule has 0 aliphatic carbocycles. The maximum absolute atomic E-state index is 11.8. The molecule has 0 saturated carbocycles. The fraction of sp³-hybridized carbons (Fsp3) is 0.235. The zero-order chi connectivity index (χ0) is 17.6. The minimum atomic E-state index is -3.74. The number of sulfonamides is 1. The van der Waals surface area contributed by atoms with Gasteiger partial charge in [-0.25, -0.2) is 18.4 Å². The normalized spacial score (nSPS) is 12.4. The van der Waals surface area contributed by atoms with Crippen LogP contribution in [0.2, 0.25) is 0 Å². The molecule has 1 atom stereocenters. The Balaban J connectivity index is 1.86. The van der Waals surface area contributed by atoms with Crippen LogP contribution in [0.4, 0.5) is 4.79 Å². The molecule has 0 aromatic heterocycles. The van der Waals surface area contributed by atoms with Crippen molar-refractivity contribution in [3.05, 3.63) is 65.7 Å². The summed E-state index contributed by atoms with van der Waals surface area (Å²) in [5.41, 5.74) is 1.67. The van der Waals surface area contributed by atoms with Crippen molar-refractivity contribution in [2.45, 2.75) is 30.9 Å². The van der Waals surface area contributed by atoms with Gasteiger partial charge in [0.1, 0.15) is 6.61 Å². The van der Waals surface area contributed by atoms with Gasteiger partial charge in [0, 0.05) is 6.04 Å². The zero-order valence-electron chi connectivity index (χ0n) is 13.3. The first-order valence-electron chi connectivity index (χ1n) is 7.43. The van der Waals surface area contributed by atoms with E-state index < -0.39 is 16.1 Å². The van der Waals surface area contributed by atoms with Gasteiger partial charge in [-0.05, 0) is 36.6 Å². The van der Waals surface area contributed by atoms with Gasteiger partial charge in [-0.3, -0.25) is 0 Å². The largest absolute Gasteiger partial charge is 0.445 e. The fourth-order valence-electron chi connectivity index (χ4n) is 2.22. The van der Waals surface area contributed by atoms with E-state index in [0.717, 1.165) is 11.1 Å². The summed E-state index contributed by atoms with van der Waals surface area (Å²) in [4.78, 5) is 11.8. The molecule has 2 rings (SSSR count). The molecule has 6 nitrogen and oxygen atoms in total. The second-order valence-corrected chi connectivity index (χ2v) is 7.07. The van der Waals surface area contributed by atoms with Crippen molar-refractivity contribution >= 4 is 16.1 Å².